The molecule has 0 atom stereocenters. The molecular weight excluding hydrogens is 435 g/mol. The maximum atomic E-state index is 9.21. The van der Waals surface area contributed by atoms with E-state index in [1.807, 2.05) is 0 Å². The van der Waals surface area contributed by atoms with Gasteiger partial charge in [0.25, 0.3) is 0 Å². The largest absolute Gasteiger partial charge is 3.00 e. The molecule has 0 aromatic carbocycles. The minimum Gasteiger partial charge on any atom is -0.549 e. The summed E-state index contributed by atoms with van der Waals surface area (Å²) < 4.78 is 0. The summed E-state index contributed by atoms with van der Waals surface area (Å²) in [7, 11) is 0. The second-order valence-electron chi connectivity index (χ2n) is 1.52. The third-order valence-corrected chi connectivity index (χ3v) is 1.70. The maximum absolute atomic E-state index is 9.21. The molecule has 0 heterocycles. The number of alkyl halides is 3. The van der Waals surface area contributed by atoms with Crippen LogP contribution in [0.5, 0.6) is 0 Å². The van der Waals surface area contributed by atoms with Gasteiger partial charge >= 0.3 is 17.4 Å². The van der Waals surface area contributed by atoms with Gasteiger partial charge in [0.15, 0.2) is 0 Å². The van der Waals surface area contributed by atoms with Crippen LogP contribution in [0.25, 0.3) is 0 Å². The van der Waals surface area contributed by atoms with Crippen LogP contribution in [-0.4, -0.2) is 51.3 Å². The zero-order valence-corrected chi connectivity index (χ0v) is 13.7. The van der Waals surface area contributed by atoms with Crippen molar-refractivity contribution in [2.24, 2.45) is 0 Å². The number of rotatable bonds is 3. The summed E-state index contributed by atoms with van der Waals surface area (Å²) in [5.74, 6) is -3.24. The van der Waals surface area contributed by atoms with Gasteiger partial charge in [-0.1, -0.05) is 47.8 Å². The van der Waals surface area contributed by atoms with Gasteiger partial charge in [0.2, 0.25) is 0 Å². The van der Waals surface area contributed by atoms with E-state index in [0.717, 1.165) is 0 Å². The summed E-state index contributed by atoms with van der Waals surface area (Å²) in [5, 5.41) is 27.4. The first-order valence-electron chi connectivity index (χ1n) is 3.09. The van der Waals surface area contributed by atoms with Crippen molar-refractivity contribution in [1.82, 2.24) is 0 Å². The van der Waals surface area contributed by atoms with Crippen molar-refractivity contribution in [3.8, 4) is 0 Å². The standard InChI is InChI=1S/3C2H3BrO2.Al/c3*3-1-2(4)5;/h3*1H2,(H,4,5);/q;;;+3/p-3. The molecule has 0 saturated carbocycles. The summed E-state index contributed by atoms with van der Waals surface area (Å²) in [5.41, 5.74) is 0. The molecule has 0 fully saturated rings. The fourth-order valence-electron chi connectivity index (χ4n) is 0. The van der Waals surface area contributed by atoms with Gasteiger partial charge in [-0.3, -0.25) is 0 Å². The molecule has 0 spiro atoms. The van der Waals surface area contributed by atoms with Crippen LogP contribution in [0.4, 0.5) is 0 Å². The van der Waals surface area contributed by atoms with Gasteiger partial charge in [0.1, 0.15) is 0 Å². The van der Waals surface area contributed by atoms with Crippen molar-refractivity contribution < 1.29 is 29.7 Å². The number of carbonyl (C=O) groups excluding carboxylic acids is 3. The SMILES string of the molecule is O=C([O-])CBr.O=C([O-])CBr.O=C([O-])CBr.[Al+3]. The molecule has 90 valence electrons. The van der Waals surface area contributed by atoms with E-state index < -0.39 is 17.9 Å². The first-order chi connectivity index (χ1) is 6.81. The predicted molar refractivity (Wildman–Crippen MR) is 62.2 cm³/mol. The minimum absolute atomic E-state index is 0. The van der Waals surface area contributed by atoms with Gasteiger partial charge in [-0.15, -0.1) is 0 Å². The van der Waals surface area contributed by atoms with Crippen molar-refractivity contribution in [2.45, 2.75) is 0 Å². The average molecular weight is 441 g/mol. The van der Waals surface area contributed by atoms with Gasteiger partial charge in [-0.25, -0.2) is 0 Å². The van der Waals surface area contributed by atoms with Crippen LogP contribution in [-0.2, 0) is 14.4 Å². The van der Waals surface area contributed by atoms with Crippen LogP contribution in [0.1, 0.15) is 0 Å². The van der Waals surface area contributed by atoms with Crippen LogP contribution in [0.15, 0.2) is 0 Å². The topological polar surface area (TPSA) is 120 Å². The molecule has 0 saturated heterocycles. The van der Waals surface area contributed by atoms with Gasteiger partial charge in [-0.05, 0) is 0 Å². The van der Waals surface area contributed by atoms with Gasteiger partial charge < -0.3 is 29.7 Å². The Labute approximate surface area is 128 Å². The van der Waals surface area contributed by atoms with E-state index in [1.54, 1.807) is 0 Å². The van der Waals surface area contributed by atoms with E-state index >= 15 is 0 Å². The van der Waals surface area contributed by atoms with Gasteiger partial charge in [0, 0.05) is 16.0 Å². The molecule has 16 heavy (non-hydrogen) atoms. The molecule has 0 aromatic rings. The van der Waals surface area contributed by atoms with Crippen LogP contribution >= 0.6 is 47.8 Å². The molecule has 0 N–H and O–H groups in total. The van der Waals surface area contributed by atoms with Gasteiger partial charge in [0.05, 0.1) is 17.9 Å². The molecule has 0 rings (SSSR count). The third-order valence-electron chi connectivity index (χ3n) is 0.327. The molecule has 0 aliphatic rings. The smallest absolute Gasteiger partial charge is 0.549 e. The Morgan fingerprint density at radius 3 is 0.750 bits per heavy atom. The van der Waals surface area contributed by atoms with Gasteiger partial charge in [-0.2, -0.15) is 0 Å². The number of carboxylic acids is 3. The number of hydrogen-bond donors (Lipinski definition) is 0. The number of halogens is 3. The number of carboxylic acid groups (broad SMARTS) is 3. The molecule has 0 radical (unpaired) electrons. The molecule has 0 bridgehead atoms. The second kappa shape index (κ2) is 20.8. The van der Waals surface area contributed by atoms with Crippen molar-refractivity contribution in [3.05, 3.63) is 0 Å². The predicted octanol–water partition coefficient (Wildman–Crippen LogP) is -2.99. The van der Waals surface area contributed by atoms with Crippen molar-refractivity contribution in [2.75, 3.05) is 16.0 Å². The molecule has 0 unspecified atom stereocenters. The molecule has 0 aromatic heterocycles. The quantitative estimate of drug-likeness (QED) is 0.341. The molecule has 0 amide bonds. The summed E-state index contributed by atoms with van der Waals surface area (Å²) in [6.45, 7) is 0. The van der Waals surface area contributed by atoms with E-state index in [1.165, 1.54) is 0 Å². The summed E-state index contributed by atoms with van der Waals surface area (Å²) in [4.78, 5) is 27.6. The first kappa shape index (κ1) is 25.3. The van der Waals surface area contributed by atoms with E-state index in [2.05, 4.69) is 47.8 Å². The van der Waals surface area contributed by atoms with Crippen LogP contribution in [0.3, 0.4) is 0 Å². The average Bonchev–Trinajstić information content (AvgIpc) is 2.19. The fourth-order valence-corrected chi connectivity index (χ4v) is 0. The van der Waals surface area contributed by atoms with Crippen molar-refractivity contribution in [3.63, 3.8) is 0 Å². The molecular formula is C6H6AlBr3O6. The van der Waals surface area contributed by atoms with E-state index in [9.17, 15) is 29.7 Å². The molecule has 0 aliphatic carbocycles. The summed E-state index contributed by atoms with van der Waals surface area (Å²) in [6, 6.07) is 0. The number of aliphatic carboxylic acids is 3. The zero-order chi connectivity index (χ0) is 12.9. The normalized spacial score (nSPS) is 6.94. The molecule has 10 heteroatoms. The van der Waals surface area contributed by atoms with Crippen LogP contribution in [0.2, 0.25) is 0 Å². The first-order valence-corrected chi connectivity index (χ1v) is 6.45. The van der Waals surface area contributed by atoms with Crippen molar-refractivity contribution in [1.29, 1.82) is 0 Å². The Morgan fingerprint density at radius 1 is 0.688 bits per heavy atom. The number of hydrogen-bond acceptors (Lipinski definition) is 6. The Balaban J connectivity index is -0.0000000655. The minimum atomic E-state index is -1.08. The Kier molecular flexibility index (Phi) is 32.8. The number of carbonyl (C=O) groups is 3. The Morgan fingerprint density at radius 2 is 0.750 bits per heavy atom. The van der Waals surface area contributed by atoms with E-state index in [0.29, 0.717) is 0 Å². The Bertz CT molecular complexity index is 167. The summed E-state index contributed by atoms with van der Waals surface area (Å²) in [6.07, 6.45) is 0. The Hall–Kier alpha value is 0.382. The van der Waals surface area contributed by atoms with Crippen molar-refractivity contribution >= 4 is 83.1 Å². The molecule has 6 nitrogen and oxygen atoms in total. The summed E-state index contributed by atoms with van der Waals surface area (Å²) >= 11 is 7.95. The zero-order valence-electron chi connectivity index (χ0n) is 7.78. The third kappa shape index (κ3) is 63.2. The molecule has 0 aliphatic heterocycles. The fraction of sp³-hybridized carbons (Fsp3) is 0.500. The monoisotopic (exact) mass is 438 g/mol. The van der Waals surface area contributed by atoms with E-state index in [-0.39, 0.29) is 33.4 Å². The maximum Gasteiger partial charge on any atom is 3.00 e. The van der Waals surface area contributed by atoms with Crippen LogP contribution < -0.4 is 15.3 Å². The second-order valence-corrected chi connectivity index (χ2v) is 3.20. The van der Waals surface area contributed by atoms with Crippen LogP contribution in [0, 0.1) is 0 Å². The van der Waals surface area contributed by atoms with E-state index in [4.69, 9.17) is 0 Å².